The van der Waals surface area contributed by atoms with Crippen LogP contribution in [0.3, 0.4) is 0 Å². The Hall–Kier alpha value is -1.36. The molecule has 0 saturated heterocycles. The topological polar surface area (TPSA) is 75.6 Å². The number of esters is 1. The first-order chi connectivity index (χ1) is 5.52. The van der Waals surface area contributed by atoms with Gasteiger partial charge in [-0.2, -0.15) is 0 Å². The highest BCUT2D eigenvalue weighted by Gasteiger charge is 2.00. The molecule has 0 unspecified atom stereocenters. The van der Waals surface area contributed by atoms with Crippen LogP contribution in [0.1, 0.15) is 6.92 Å². The number of carbonyl (C=O) groups excluding carboxylic acids is 1. The molecule has 0 radical (unpaired) electrons. The van der Waals surface area contributed by atoms with E-state index in [-0.39, 0.29) is 18.8 Å². The van der Waals surface area contributed by atoms with Crippen LogP contribution in [-0.4, -0.2) is 30.1 Å². The molecule has 0 heterocycles. The van der Waals surface area contributed by atoms with Crippen molar-refractivity contribution in [1.29, 1.82) is 0 Å². The number of aliphatic carboxylic acids is 1. The van der Waals surface area contributed by atoms with Gasteiger partial charge in [-0.25, -0.2) is 0 Å². The first-order valence-corrected chi connectivity index (χ1v) is 3.31. The molecule has 0 aliphatic rings. The first-order valence-electron chi connectivity index (χ1n) is 3.31. The van der Waals surface area contributed by atoms with E-state index in [4.69, 9.17) is 5.11 Å². The predicted octanol–water partition coefficient (Wildman–Crippen LogP) is -0.263. The molecule has 0 spiro atoms. The van der Waals surface area contributed by atoms with E-state index in [0.717, 1.165) is 0 Å². The van der Waals surface area contributed by atoms with Gasteiger partial charge in [0.15, 0.2) is 0 Å². The fourth-order valence-corrected chi connectivity index (χ4v) is 0.548. The number of carboxylic acids is 1. The van der Waals surface area contributed by atoms with Crippen molar-refractivity contribution >= 4 is 11.9 Å². The van der Waals surface area contributed by atoms with Gasteiger partial charge in [-0.3, -0.25) is 14.9 Å². The van der Waals surface area contributed by atoms with Gasteiger partial charge < -0.3 is 9.84 Å². The van der Waals surface area contributed by atoms with Crippen molar-refractivity contribution in [1.82, 2.24) is 5.32 Å². The van der Waals surface area contributed by atoms with Crippen molar-refractivity contribution < 1.29 is 19.4 Å². The second-order valence-corrected chi connectivity index (χ2v) is 2.13. The summed E-state index contributed by atoms with van der Waals surface area (Å²) in [5.74, 6) is -1.22. The van der Waals surface area contributed by atoms with Crippen LogP contribution in [-0.2, 0) is 14.3 Å². The Morgan fingerprint density at radius 1 is 1.50 bits per heavy atom. The third-order valence-corrected chi connectivity index (χ3v) is 0.886. The fourth-order valence-electron chi connectivity index (χ4n) is 0.548. The average Bonchev–Trinajstić information content (AvgIpc) is 1.84. The maximum atomic E-state index is 10.3. The van der Waals surface area contributed by atoms with Crippen LogP contribution in [0.25, 0.3) is 0 Å². The largest absolute Gasteiger partial charge is 0.480 e. The van der Waals surface area contributed by atoms with Crippen LogP contribution < -0.4 is 5.32 Å². The van der Waals surface area contributed by atoms with Gasteiger partial charge in [-0.05, 0) is 0 Å². The van der Waals surface area contributed by atoms with Gasteiger partial charge in [0.05, 0.1) is 13.1 Å². The molecule has 5 nitrogen and oxygen atoms in total. The highest BCUT2D eigenvalue weighted by molar-refractivity contribution is 5.69. The number of rotatable bonds is 5. The Kier molecular flexibility index (Phi) is 4.71. The van der Waals surface area contributed by atoms with E-state index in [2.05, 4.69) is 16.6 Å². The van der Waals surface area contributed by atoms with Gasteiger partial charge in [0.2, 0.25) is 0 Å². The van der Waals surface area contributed by atoms with E-state index in [0.29, 0.717) is 0 Å². The molecule has 5 heteroatoms. The Morgan fingerprint density at radius 2 is 2.08 bits per heavy atom. The SMILES string of the molecule is C=C(CNCC(=O)O)OC(C)=O. The standard InChI is InChI=1S/C7H11NO4/c1-5(12-6(2)9)3-8-4-7(10)11/h8H,1,3-4H2,2H3,(H,10,11). The normalized spacial score (nSPS) is 9.08. The second kappa shape index (κ2) is 5.31. The summed E-state index contributed by atoms with van der Waals surface area (Å²) in [5.41, 5.74) is 0. The maximum absolute atomic E-state index is 10.3. The van der Waals surface area contributed by atoms with Crippen LogP contribution in [0.4, 0.5) is 0 Å². The molecule has 68 valence electrons. The molecule has 0 bridgehead atoms. The van der Waals surface area contributed by atoms with E-state index >= 15 is 0 Å². The number of ether oxygens (including phenoxy) is 1. The highest BCUT2D eigenvalue weighted by Crippen LogP contribution is 1.90. The monoisotopic (exact) mass is 173 g/mol. The third-order valence-electron chi connectivity index (χ3n) is 0.886. The number of hydrogen-bond acceptors (Lipinski definition) is 4. The number of nitrogens with one attached hydrogen (secondary N) is 1. The predicted molar refractivity (Wildman–Crippen MR) is 41.4 cm³/mol. The van der Waals surface area contributed by atoms with E-state index in [1.54, 1.807) is 0 Å². The van der Waals surface area contributed by atoms with Crippen LogP contribution in [0.5, 0.6) is 0 Å². The molecule has 0 fully saturated rings. The summed E-state index contributed by atoms with van der Waals surface area (Å²) in [7, 11) is 0. The van der Waals surface area contributed by atoms with Crippen molar-refractivity contribution in [3.8, 4) is 0 Å². The number of hydrogen-bond donors (Lipinski definition) is 2. The Balaban J connectivity index is 3.44. The van der Waals surface area contributed by atoms with Crippen LogP contribution in [0.2, 0.25) is 0 Å². The minimum absolute atomic E-state index is 0.159. The zero-order chi connectivity index (χ0) is 9.56. The molecular weight excluding hydrogens is 162 g/mol. The van der Waals surface area contributed by atoms with Crippen molar-refractivity contribution in [3.63, 3.8) is 0 Å². The number of carbonyl (C=O) groups is 2. The lowest BCUT2D eigenvalue weighted by atomic mass is 10.5. The number of carboxylic acid groups (broad SMARTS) is 1. The van der Waals surface area contributed by atoms with Gasteiger partial charge in [0.25, 0.3) is 0 Å². The second-order valence-electron chi connectivity index (χ2n) is 2.13. The molecule has 0 aromatic heterocycles. The lowest BCUT2D eigenvalue weighted by Gasteiger charge is -2.04. The van der Waals surface area contributed by atoms with Crippen LogP contribution >= 0.6 is 0 Å². The molecule has 0 aliphatic carbocycles. The van der Waals surface area contributed by atoms with E-state index in [9.17, 15) is 9.59 Å². The molecule has 0 aromatic rings. The fraction of sp³-hybridized carbons (Fsp3) is 0.429. The third kappa shape index (κ3) is 6.76. The van der Waals surface area contributed by atoms with Gasteiger partial charge in [0, 0.05) is 6.92 Å². The summed E-state index contributed by atoms with van der Waals surface area (Å²) in [6.45, 7) is 4.62. The summed E-state index contributed by atoms with van der Waals surface area (Å²) in [6, 6.07) is 0. The minimum atomic E-state index is -0.967. The molecule has 2 N–H and O–H groups in total. The van der Waals surface area contributed by atoms with Crippen molar-refractivity contribution in [2.75, 3.05) is 13.1 Å². The molecule has 12 heavy (non-hydrogen) atoms. The smallest absolute Gasteiger partial charge is 0.317 e. The zero-order valence-electron chi connectivity index (χ0n) is 6.79. The van der Waals surface area contributed by atoms with Crippen LogP contribution in [0, 0.1) is 0 Å². The summed E-state index contributed by atoms with van der Waals surface area (Å²) in [6.07, 6.45) is 0. The molecule has 0 rings (SSSR count). The molecule has 0 amide bonds. The van der Waals surface area contributed by atoms with Gasteiger partial charge in [0.1, 0.15) is 5.76 Å². The maximum Gasteiger partial charge on any atom is 0.317 e. The van der Waals surface area contributed by atoms with E-state index < -0.39 is 11.9 Å². The van der Waals surface area contributed by atoms with E-state index in [1.807, 2.05) is 0 Å². The van der Waals surface area contributed by atoms with Crippen molar-refractivity contribution in [3.05, 3.63) is 12.3 Å². The highest BCUT2D eigenvalue weighted by atomic mass is 16.5. The van der Waals surface area contributed by atoms with Gasteiger partial charge in [-0.15, -0.1) is 0 Å². The summed E-state index contributed by atoms with van der Waals surface area (Å²) >= 11 is 0. The molecule has 0 atom stereocenters. The van der Waals surface area contributed by atoms with E-state index in [1.165, 1.54) is 6.92 Å². The van der Waals surface area contributed by atoms with Gasteiger partial charge in [-0.1, -0.05) is 6.58 Å². The quantitative estimate of drug-likeness (QED) is 0.442. The average molecular weight is 173 g/mol. The molecule has 0 aliphatic heterocycles. The van der Waals surface area contributed by atoms with Crippen molar-refractivity contribution in [2.24, 2.45) is 0 Å². The molecule has 0 aromatic carbocycles. The first kappa shape index (κ1) is 10.6. The lowest BCUT2D eigenvalue weighted by molar-refractivity contribution is -0.136. The Bertz CT molecular complexity index is 200. The Morgan fingerprint density at radius 3 is 2.50 bits per heavy atom. The Labute approximate surface area is 70.0 Å². The zero-order valence-corrected chi connectivity index (χ0v) is 6.79. The van der Waals surface area contributed by atoms with Gasteiger partial charge >= 0.3 is 11.9 Å². The lowest BCUT2D eigenvalue weighted by Crippen LogP contribution is -2.25. The summed E-state index contributed by atoms with van der Waals surface area (Å²) in [4.78, 5) is 20.3. The minimum Gasteiger partial charge on any atom is -0.480 e. The van der Waals surface area contributed by atoms with Crippen molar-refractivity contribution in [2.45, 2.75) is 6.92 Å². The summed E-state index contributed by atoms with van der Waals surface area (Å²) in [5, 5.41) is 10.7. The molecule has 0 saturated carbocycles. The summed E-state index contributed by atoms with van der Waals surface area (Å²) < 4.78 is 4.54. The molecular formula is C7H11NO4. The van der Waals surface area contributed by atoms with Crippen LogP contribution in [0.15, 0.2) is 12.3 Å².